The lowest BCUT2D eigenvalue weighted by Crippen LogP contribution is -2.14. The molecule has 3 rings (SSSR count). The molecule has 0 saturated heterocycles. The van der Waals surface area contributed by atoms with Gasteiger partial charge in [0, 0.05) is 24.2 Å². The summed E-state index contributed by atoms with van der Waals surface area (Å²) >= 11 is 0. The van der Waals surface area contributed by atoms with Crippen molar-refractivity contribution in [3.8, 4) is 5.75 Å². The van der Waals surface area contributed by atoms with Crippen LogP contribution < -0.4 is 14.8 Å². The van der Waals surface area contributed by atoms with E-state index in [1.54, 1.807) is 6.07 Å². The molecule has 0 aromatic heterocycles. The third-order valence-corrected chi connectivity index (χ3v) is 5.25. The Balaban J connectivity index is 1.91. The summed E-state index contributed by atoms with van der Waals surface area (Å²) in [7, 11) is -2.53. The molecule has 1 amide bonds. The van der Waals surface area contributed by atoms with Gasteiger partial charge in [0.25, 0.3) is 10.0 Å². The summed E-state index contributed by atoms with van der Waals surface area (Å²) in [6.45, 7) is 0. The summed E-state index contributed by atoms with van der Waals surface area (Å²) in [5.41, 5.74) is 1.44. The van der Waals surface area contributed by atoms with Crippen molar-refractivity contribution < 1.29 is 22.3 Å². The Hall–Kier alpha value is -2.61. The van der Waals surface area contributed by atoms with Crippen LogP contribution >= 0.6 is 0 Å². The lowest BCUT2D eigenvalue weighted by Gasteiger charge is -2.12. The standard InChI is InChI=1S/C17H17FN2O4S/c1-24-14-9-12(18)8-13(10-14)20-25(22,23)15-5-6-16-11(7-15)3-2-4-17(21)19-16/h5-10,20H,2-4H2,1H3,(H,19,21). The maximum atomic E-state index is 13.5. The van der Waals surface area contributed by atoms with Crippen LogP contribution in [0.25, 0.3) is 0 Å². The van der Waals surface area contributed by atoms with E-state index in [0.29, 0.717) is 24.9 Å². The van der Waals surface area contributed by atoms with E-state index in [0.717, 1.165) is 17.7 Å². The van der Waals surface area contributed by atoms with E-state index in [2.05, 4.69) is 10.0 Å². The largest absolute Gasteiger partial charge is 0.497 e. The molecule has 0 bridgehead atoms. The summed E-state index contributed by atoms with van der Waals surface area (Å²) < 4.78 is 46.0. The van der Waals surface area contributed by atoms with Gasteiger partial charge in [0.2, 0.25) is 5.91 Å². The van der Waals surface area contributed by atoms with Crippen LogP contribution in [0, 0.1) is 5.82 Å². The average molecular weight is 364 g/mol. The first-order valence-electron chi connectivity index (χ1n) is 7.67. The Labute approximate surface area is 145 Å². The molecule has 0 aliphatic carbocycles. The zero-order valence-corrected chi connectivity index (χ0v) is 14.3. The van der Waals surface area contributed by atoms with Crippen LogP contribution in [0.5, 0.6) is 5.75 Å². The highest BCUT2D eigenvalue weighted by Crippen LogP contribution is 2.27. The molecule has 25 heavy (non-hydrogen) atoms. The number of hydrogen-bond acceptors (Lipinski definition) is 4. The molecule has 0 radical (unpaired) electrons. The van der Waals surface area contributed by atoms with Crippen molar-refractivity contribution in [2.24, 2.45) is 0 Å². The lowest BCUT2D eigenvalue weighted by atomic mass is 10.1. The normalized spacial score (nSPS) is 14.2. The first-order chi connectivity index (χ1) is 11.9. The van der Waals surface area contributed by atoms with Gasteiger partial charge in [-0.2, -0.15) is 0 Å². The third-order valence-electron chi connectivity index (χ3n) is 3.87. The molecule has 1 aliphatic heterocycles. The fraction of sp³-hybridized carbons (Fsp3) is 0.235. The fourth-order valence-corrected chi connectivity index (χ4v) is 3.76. The molecule has 0 fully saturated rings. The number of benzene rings is 2. The lowest BCUT2D eigenvalue weighted by molar-refractivity contribution is -0.116. The molecular formula is C17H17FN2O4S. The Kier molecular flexibility index (Phi) is 4.63. The van der Waals surface area contributed by atoms with Crippen LogP contribution in [0.1, 0.15) is 18.4 Å². The maximum absolute atomic E-state index is 13.5. The molecule has 1 aliphatic rings. The highest BCUT2D eigenvalue weighted by molar-refractivity contribution is 7.92. The number of fused-ring (bicyclic) bond motifs is 1. The van der Waals surface area contributed by atoms with Crippen LogP contribution in [0.3, 0.4) is 0 Å². The molecule has 0 atom stereocenters. The number of hydrogen-bond donors (Lipinski definition) is 2. The minimum atomic E-state index is -3.90. The molecule has 8 heteroatoms. The van der Waals surface area contributed by atoms with E-state index in [4.69, 9.17) is 4.74 Å². The minimum Gasteiger partial charge on any atom is -0.497 e. The predicted molar refractivity (Wildman–Crippen MR) is 91.8 cm³/mol. The first kappa shape index (κ1) is 17.2. The van der Waals surface area contributed by atoms with Gasteiger partial charge in [0.05, 0.1) is 17.7 Å². The average Bonchev–Trinajstić information content (AvgIpc) is 2.73. The molecule has 0 spiro atoms. The van der Waals surface area contributed by atoms with E-state index in [1.165, 1.54) is 25.3 Å². The van der Waals surface area contributed by atoms with Crippen molar-refractivity contribution in [1.82, 2.24) is 0 Å². The van der Waals surface area contributed by atoms with Gasteiger partial charge < -0.3 is 10.1 Å². The highest BCUT2D eigenvalue weighted by atomic mass is 32.2. The molecule has 132 valence electrons. The van der Waals surface area contributed by atoms with Crippen LogP contribution in [0.15, 0.2) is 41.3 Å². The van der Waals surface area contributed by atoms with Crippen LogP contribution in [-0.2, 0) is 21.2 Å². The van der Waals surface area contributed by atoms with Gasteiger partial charge in [-0.25, -0.2) is 12.8 Å². The fourth-order valence-electron chi connectivity index (χ4n) is 2.67. The molecule has 2 aromatic carbocycles. The van der Waals surface area contributed by atoms with Crippen LogP contribution in [0.4, 0.5) is 15.8 Å². The zero-order valence-electron chi connectivity index (χ0n) is 13.5. The maximum Gasteiger partial charge on any atom is 0.261 e. The second-order valence-corrected chi connectivity index (χ2v) is 7.39. The number of carbonyl (C=O) groups is 1. The Morgan fingerprint density at radius 1 is 1.16 bits per heavy atom. The molecular weight excluding hydrogens is 347 g/mol. The number of sulfonamides is 1. The van der Waals surface area contributed by atoms with Gasteiger partial charge in [0.15, 0.2) is 0 Å². The number of rotatable bonds is 4. The number of nitrogens with one attached hydrogen (secondary N) is 2. The molecule has 2 aromatic rings. The number of amides is 1. The number of carbonyl (C=O) groups excluding carboxylic acids is 1. The number of aryl methyl sites for hydroxylation is 1. The summed E-state index contributed by atoms with van der Waals surface area (Å²) in [5.74, 6) is -0.483. The summed E-state index contributed by atoms with van der Waals surface area (Å²) in [4.78, 5) is 11.6. The minimum absolute atomic E-state index is 0.0469. The van der Waals surface area contributed by atoms with E-state index >= 15 is 0 Å². The topological polar surface area (TPSA) is 84.5 Å². The number of methoxy groups -OCH3 is 1. The van der Waals surface area contributed by atoms with Crippen molar-refractivity contribution in [3.05, 3.63) is 47.8 Å². The van der Waals surface area contributed by atoms with Crippen molar-refractivity contribution in [2.45, 2.75) is 24.2 Å². The number of ether oxygens (including phenoxy) is 1. The summed E-state index contributed by atoms with van der Waals surface area (Å²) in [6.07, 6.45) is 1.65. The van der Waals surface area contributed by atoms with Crippen molar-refractivity contribution in [1.29, 1.82) is 0 Å². The molecule has 0 unspecified atom stereocenters. The van der Waals surface area contributed by atoms with Crippen LogP contribution in [-0.4, -0.2) is 21.4 Å². The molecule has 0 saturated carbocycles. The van der Waals surface area contributed by atoms with Gasteiger partial charge in [-0.3, -0.25) is 9.52 Å². The quantitative estimate of drug-likeness (QED) is 0.874. The third kappa shape index (κ3) is 3.90. The van der Waals surface area contributed by atoms with Crippen LogP contribution in [0.2, 0.25) is 0 Å². The smallest absolute Gasteiger partial charge is 0.261 e. The second-order valence-electron chi connectivity index (χ2n) is 5.71. The Morgan fingerprint density at radius 3 is 2.72 bits per heavy atom. The van der Waals surface area contributed by atoms with E-state index < -0.39 is 15.8 Å². The van der Waals surface area contributed by atoms with Gasteiger partial charge in [0.1, 0.15) is 11.6 Å². The molecule has 6 nitrogen and oxygen atoms in total. The SMILES string of the molecule is COc1cc(F)cc(NS(=O)(=O)c2ccc3c(c2)CCCC(=O)N3)c1. The van der Waals surface area contributed by atoms with Gasteiger partial charge >= 0.3 is 0 Å². The number of anilines is 2. The Bertz CT molecular complexity index is 928. The van der Waals surface area contributed by atoms with Crippen molar-refractivity contribution in [3.63, 3.8) is 0 Å². The Morgan fingerprint density at radius 2 is 1.96 bits per heavy atom. The van der Waals surface area contributed by atoms with E-state index in [9.17, 15) is 17.6 Å². The van der Waals surface area contributed by atoms with Gasteiger partial charge in [-0.1, -0.05) is 0 Å². The summed E-state index contributed by atoms with van der Waals surface area (Å²) in [5, 5.41) is 2.75. The summed E-state index contributed by atoms with van der Waals surface area (Å²) in [6, 6.07) is 8.12. The highest BCUT2D eigenvalue weighted by Gasteiger charge is 2.19. The first-order valence-corrected chi connectivity index (χ1v) is 9.16. The van der Waals surface area contributed by atoms with Crippen molar-refractivity contribution >= 4 is 27.3 Å². The van der Waals surface area contributed by atoms with E-state index in [-0.39, 0.29) is 22.2 Å². The monoisotopic (exact) mass is 364 g/mol. The second kappa shape index (κ2) is 6.72. The van der Waals surface area contributed by atoms with E-state index in [1.807, 2.05) is 0 Å². The zero-order chi connectivity index (χ0) is 18.0. The molecule has 2 N–H and O–H groups in total. The van der Waals surface area contributed by atoms with Gasteiger partial charge in [-0.15, -0.1) is 0 Å². The molecule has 1 heterocycles. The number of halogens is 1. The van der Waals surface area contributed by atoms with Crippen molar-refractivity contribution in [2.75, 3.05) is 17.1 Å². The predicted octanol–water partition coefficient (Wildman–Crippen LogP) is 2.91. The van der Waals surface area contributed by atoms with Gasteiger partial charge in [-0.05, 0) is 42.7 Å².